The molecule has 18 heavy (non-hydrogen) atoms. The first kappa shape index (κ1) is 14.2. The number of nitrogens with zero attached hydrogens (tertiary/aromatic N) is 2. The molecule has 1 aromatic rings. The van der Waals surface area contributed by atoms with E-state index >= 15 is 0 Å². The molecule has 1 heterocycles. The minimum Gasteiger partial charge on any atom is -0.481 e. The number of hydrogen-bond acceptors (Lipinski definition) is 5. The van der Waals surface area contributed by atoms with E-state index in [0.29, 0.717) is 18.3 Å². The van der Waals surface area contributed by atoms with E-state index in [9.17, 15) is 4.79 Å². The Labute approximate surface area is 106 Å². The van der Waals surface area contributed by atoms with Gasteiger partial charge in [-0.3, -0.25) is 4.79 Å². The first-order chi connectivity index (χ1) is 8.43. The molecule has 0 aliphatic rings. The van der Waals surface area contributed by atoms with Gasteiger partial charge in [-0.15, -0.1) is 0 Å². The number of nitrogens with one attached hydrogen (secondary N) is 1. The third-order valence-electron chi connectivity index (χ3n) is 2.16. The Morgan fingerprint density at radius 3 is 2.83 bits per heavy atom. The molecule has 0 aromatic carbocycles. The van der Waals surface area contributed by atoms with Gasteiger partial charge < -0.3 is 15.2 Å². The summed E-state index contributed by atoms with van der Waals surface area (Å²) in [5, 5.41) is 11.9. The molecule has 0 bridgehead atoms. The van der Waals surface area contributed by atoms with Crippen molar-refractivity contribution in [1.82, 2.24) is 9.97 Å². The maximum Gasteiger partial charge on any atom is 0.305 e. The van der Waals surface area contributed by atoms with Gasteiger partial charge in [0.25, 0.3) is 0 Å². The summed E-state index contributed by atoms with van der Waals surface area (Å²) in [7, 11) is 0. The molecular weight excluding hydrogens is 234 g/mol. The van der Waals surface area contributed by atoms with Gasteiger partial charge in [-0.1, -0.05) is 6.92 Å². The summed E-state index contributed by atoms with van der Waals surface area (Å²) in [6, 6.07) is 1.67. The van der Waals surface area contributed by atoms with Crippen molar-refractivity contribution >= 4 is 11.8 Å². The highest BCUT2D eigenvalue weighted by Crippen LogP contribution is 2.18. The van der Waals surface area contributed by atoms with Crippen molar-refractivity contribution in [2.45, 2.75) is 39.2 Å². The van der Waals surface area contributed by atoms with E-state index in [0.717, 1.165) is 6.42 Å². The standard InChI is InChI=1S/C12H19N3O3/c1-4-5-18-10-6-9(13-8-14-10)15-12(2,3)7-11(16)17/h6,8H,4-5,7H2,1-3H3,(H,16,17)(H,13,14,15). The zero-order valence-electron chi connectivity index (χ0n) is 10.9. The molecule has 0 saturated carbocycles. The quantitative estimate of drug-likeness (QED) is 0.772. The van der Waals surface area contributed by atoms with E-state index in [-0.39, 0.29) is 6.42 Å². The summed E-state index contributed by atoms with van der Waals surface area (Å²) in [6.07, 6.45) is 2.30. The van der Waals surface area contributed by atoms with Gasteiger partial charge in [-0.25, -0.2) is 9.97 Å². The smallest absolute Gasteiger partial charge is 0.305 e. The third kappa shape index (κ3) is 4.99. The van der Waals surface area contributed by atoms with Crippen LogP contribution in [0.5, 0.6) is 5.88 Å². The van der Waals surface area contributed by atoms with Crippen molar-refractivity contribution in [2.24, 2.45) is 0 Å². The molecule has 0 aliphatic heterocycles. The average Bonchev–Trinajstić information content (AvgIpc) is 2.24. The Hall–Kier alpha value is -1.85. The predicted molar refractivity (Wildman–Crippen MR) is 67.8 cm³/mol. The number of carboxylic acids is 1. The molecule has 0 unspecified atom stereocenters. The molecule has 2 N–H and O–H groups in total. The van der Waals surface area contributed by atoms with Crippen LogP contribution < -0.4 is 10.1 Å². The van der Waals surface area contributed by atoms with Crippen molar-refractivity contribution in [2.75, 3.05) is 11.9 Å². The number of hydrogen-bond donors (Lipinski definition) is 2. The molecule has 0 amide bonds. The number of ether oxygens (including phenoxy) is 1. The summed E-state index contributed by atoms with van der Waals surface area (Å²) in [5.41, 5.74) is -0.581. The highest BCUT2D eigenvalue weighted by Gasteiger charge is 2.22. The van der Waals surface area contributed by atoms with Crippen LogP contribution in [0.15, 0.2) is 12.4 Å². The van der Waals surface area contributed by atoms with E-state index in [1.807, 2.05) is 6.92 Å². The minimum atomic E-state index is -0.857. The number of rotatable bonds is 7. The van der Waals surface area contributed by atoms with E-state index in [1.165, 1.54) is 6.33 Å². The Balaban J connectivity index is 2.69. The number of anilines is 1. The van der Waals surface area contributed by atoms with E-state index in [2.05, 4.69) is 15.3 Å². The number of aromatic nitrogens is 2. The molecule has 0 radical (unpaired) electrons. The fourth-order valence-electron chi connectivity index (χ4n) is 1.46. The van der Waals surface area contributed by atoms with Crippen LogP contribution in [0.1, 0.15) is 33.6 Å². The SMILES string of the molecule is CCCOc1cc(NC(C)(C)CC(=O)O)ncn1. The van der Waals surface area contributed by atoms with Crippen LogP contribution in [0.25, 0.3) is 0 Å². The van der Waals surface area contributed by atoms with Crippen molar-refractivity contribution in [1.29, 1.82) is 0 Å². The summed E-state index contributed by atoms with van der Waals surface area (Å²) >= 11 is 0. The number of aliphatic carboxylic acids is 1. The highest BCUT2D eigenvalue weighted by atomic mass is 16.5. The highest BCUT2D eigenvalue weighted by molar-refractivity contribution is 5.69. The Bertz CT molecular complexity index is 407. The first-order valence-corrected chi connectivity index (χ1v) is 5.88. The molecule has 100 valence electrons. The maximum atomic E-state index is 10.7. The van der Waals surface area contributed by atoms with Crippen LogP contribution in [0.4, 0.5) is 5.82 Å². The van der Waals surface area contributed by atoms with Gasteiger partial charge in [0, 0.05) is 11.6 Å². The van der Waals surface area contributed by atoms with Crippen LogP contribution >= 0.6 is 0 Å². The van der Waals surface area contributed by atoms with Crippen molar-refractivity contribution in [3.05, 3.63) is 12.4 Å². The minimum absolute atomic E-state index is 0.00214. The summed E-state index contributed by atoms with van der Waals surface area (Å²) in [6.45, 7) is 6.21. The predicted octanol–water partition coefficient (Wildman–Crippen LogP) is 1.93. The molecule has 0 aliphatic carbocycles. The van der Waals surface area contributed by atoms with Crippen LogP contribution in [0, 0.1) is 0 Å². The first-order valence-electron chi connectivity index (χ1n) is 5.88. The molecule has 0 fully saturated rings. The second kappa shape index (κ2) is 6.18. The molecule has 0 spiro atoms. The van der Waals surface area contributed by atoms with E-state index in [1.54, 1.807) is 19.9 Å². The molecule has 6 nitrogen and oxygen atoms in total. The molecule has 0 atom stereocenters. The van der Waals surface area contributed by atoms with Gasteiger partial charge in [-0.2, -0.15) is 0 Å². The van der Waals surface area contributed by atoms with Gasteiger partial charge in [0.1, 0.15) is 12.1 Å². The van der Waals surface area contributed by atoms with Gasteiger partial charge in [0.05, 0.1) is 13.0 Å². The van der Waals surface area contributed by atoms with Crippen LogP contribution in [0.3, 0.4) is 0 Å². The van der Waals surface area contributed by atoms with Crippen molar-refractivity contribution in [3.8, 4) is 5.88 Å². The molecular formula is C12H19N3O3. The van der Waals surface area contributed by atoms with Gasteiger partial charge in [0.2, 0.25) is 5.88 Å². The second-order valence-corrected chi connectivity index (χ2v) is 4.67. The van der Waals surface area contributed by atoms with Gasteiger partial charge in [-0.05, 0) is 20.3 Å². The summed E-state index contributed by atoms with van der Waals surface area (Å²) < 4.78 is 5.38. The summed E-state index contributed by atoms with van der Waals surface area (Å²) in [5.74, 6) is 0.187. The lowest BCUT2D eigenvalue weighted by molar-refractivity contribution is -0.137. The van der Waals surface area contributed by atoms with Crippen LogP contribution in [0.2, 0.25) is 0 Å². The zero-order valence-corrected chi connectivity index (χ0v) is 10.9. The molecule has 6 heteroatoms. The molecule has 1 aromatic heterocycles. The number of carboxylic acid groups (broad SMARTS) is 1. The topological polar surface area (TPSA) is 84.3 Å². The largest absolute Gasteiger partial charge is 0.481 e. The summed E-state index contributed by atoms with van der Waals surface area (Å²) in [4.78, 5) is 18.7. The normalized spacial score (nSPS) is 11.1. The Morgan fingerprint density at radius 1 is 1.50 bits per heavy atom. The average molecular weight is 253 g/mol. The number of carbonyl (C=O) groups is 1. The molecule has 1 rings (SSSR count). The van der Waals surface area contributed by atoms with Crippen molar-refractivity contribution < 1.29 is 14.6 Å². The van der Waals surface area contributed by atoms with Gasteiger partial charge >= 0.3 is 5.97 Å². The van der Waals surface area contributed by atoms with Crippen LogP contribution in [-0.4, -0.2) is 33.2 Å². The fourth-order valence-corrected chi connectivity index (χ4v) is 1.46. The van der Waals surface area contributed by atoms with Crippen LogP contribution in [-0.2, 0) is 4.79 Å². The fraction of sp³-hybridized carbons (Fsp3) is 0.583. The van der Waals surface area contributed by atoms with Gasteiger partial charge in [0.15, 0.2) is 0 Å². The van der Waals surface area contributed by atoms with Crippen molar-refractivity contribution in [3.63, 3.8) is 0 Å². The molecule has 0 saturated heterocycles. The zero-order chi connectivity index (χ0) is 13.6. The third-order valence-corrected chi connectivity index (χ3v) is 2.16. The Kier molecular flexibility index (Phi) is 4.88. The lowest BCUT2D eigenvalue weighted by atomic mass is 10.0. The monoisotopic (exact) mass is 253 g/mol. The lowest BCUT2D eigenvalue weighted by Crippen LogP contribution is -2.34. The second-order valence-electron chi connectivity index (χ2n) is 4.67. The maximum absolute atomic E-state index is 10.7. The Morgan fingerprint density at radius 2 is 2.22 bits per heavy atom. The lowest BCUT2D eigenvalue weighted by Gasteiger charge is -2.24. The van der Waals surface area contributed by atoms with E-state index in [4.69, 9.17) is 9.84 Å². The van der Waals surface area contributed by atoms with E-state index < -0.39 is 11.5 Å².